The highest BCUT2D eigenvalue weighted by atomic mass is 15.2. The molecule has 0 spiro atoms. The Morgan fingerprint density at radius 2 is 2.26 bits per heavy atom. The summed E-state index contributed by atoms with van der Waals surface area (Å²) < 4.78 is 0. The zero-order chi connectivity index (χ0) is 13.7. The molecule has 0 bridgehead atoms. The number of nitrogens with zero attached hydrogens (tertiary/aromatic N) is 2. The van der Waals surface area contributed by atoms with Crippen molar-refractivity contribution in [2.45, 2.75) is 52.6 Å². The van der Waals surface area contributed by atoms with Crippen LogP contribution in [0.2, 0.25) is 0 Å². The first-order valence-corrected chi connectivity index (χ1v) is 7.62. The van der Waals surface area contributed by atoms with E-state index in [1.165, 1.54) is 24.9 Å². The van der Waals surface area contributed by atoms with Crippen LogP contribution < -0.4 is 5.32 Å². The van der Waals surface area contributed by atoms with Crippen LogP contribution in [0, 0.1) is 5.92 Å². The summed E-state index contributed by atoms with van der Waals surface area (Å²) in [7, 11) is 0. The minimum atomic E-state index is 0.683. The molecule has 2 rings (SSSR count). The zero-order valence-corrected chi connectivity index (χ0v) is 12.5. The molecule has 0 saturated carbocycles. The lowest BCUT2D eigenvalue weighted by molar-refractivity contribution is 0.122. The number of hydrogen-bond acceptors (Lipinski definition) is 3. The van der Waals surface area contributed by atoms with E-state index in [9.17, 15) is 0 Å². The molecule has 2 unspecified atom stereocenters. The molecule has 0 amide bonds. The quantitative estimate of drug-likeness (QED) is 0.879. The Morgan fingerprint density at radius 3 is 3.00 bits per heavy atom. The Bertz CT molecular complexity index is 391. The lowest BCUT2D eigenvalue weighted by Crippen LogP contribution is -2.39. The largest absolute Gasteiger partial charge is 0.370 e. The Hall–Kier alpha value is -1.09. The normalized spacial score (nSPS) is 24.4. The van der Waals surface area contributed by atoms with Crippen LogP contribution in [0.5, 0.6) is 0 Å². The predicted octanol–water partition coefficient (Wildman–Crippen LogP) is 3.52. The standard InChI is InChI=1S/C16H27N3/c1-4-8-17-16-15(6-5-9-18-16)12-19-10-7-13(2)11-14(19)3/h5-6,9,13-14H,4,7-8,10-12H2,1-3H3,(H,17,18). The second-order valence-electron chi connectivity index (χ2n) is 5.89. The fraction of sp³-hybridized carbons (Fsp3) is 0.688. The molecule has 19 heavy (non-hydrogen) atoms. The number of pyridine rings is 1. The van der Waals surface area contributed by atoms with E-state index >= 15 is 0 Å². The van der Waals surface area contributed by atoms with Crippen molar-refractivity contribution in [2.24, 2.45) is 5.92 Å². The summed E-state index contributed by atoms with van der Waals surface area (Å²) in [5, 5.41) is 3.44. The van der Waals surface area contributed by atoms with Gasteiger partial charge in [0.05, 0.1) is 0 Å². The molecule has 106 valence electrons. The van der Waals surface area contributed by atoms with Crippen molar-refractivity contribution in [3.05, 3.63) is 23.9 Å². The molecule has 3 nitrogen and oxygen atoms in total. The van der Waals surface area contributed by atoms with Crippen LogP contribution in [0.15, 0.2) is 18.3 Å². The lowest BCUT2D eigenvalue weighted by Gasteiger charge is -2.36. The van der Waals surface area contributed by atoms with E-state index in [2.05, 4.69) is 42.0 Å². The van der Waals surface area contributed by atoms with Crippen molar-refractivity contribution < 1.29 is 0 Å². The molecule has 0 radical (unpaired) electrons. The number of aromatic nitrogens is 1. The predicted molar refractivity (Wildman–Crippen MR) is 81.3 cm³/mol. The van der Waals surface area contributed by atoms with Crippen LogP contribution in [-0.4, -0.2) is 29.0 Å². The minimum Gasteiger partial charge on any atom is -0.370 e. The molecular formula is C16H27N3. The summed E-state index contributed by atoms with van der Waals surface area (Å²) in [6, 6.07) is 4.93. The van der Waals surface area contributed by atoms with Gasteiger partial charge in [-0.05, 0) is 44.7 Å². The fourth-order valence-corrected chi connectivity index (χ4v) is 2.88. The summed E-state index contributed by atoms with van der Waals surface area (Å²) in [6.07, 6.45) is 5.65. The van der Waals surface area contributed by atoms with E-state index < -0.39 is 0 Å². The molecule has 1 fully saturated rings. The monoisotopic (exact) mass is 261 g/mol. The van der Waals surface area contributed by atoms with Crippen LogP contribution in [0.25, 0.3) is 0 Å². The summed E-state index contributed by atoms with van der Waals surface area (Å²) >= 11 is 0. The average molecular weight is 261 g/mol. The summed E-state index contributed by atoms with van der Waals surface area (Å²) in [5.41, 5.74) is 1.33. The highest BCUT2D eigenvalue weighted by molar-refractivity contribution is 5.43. The summed E-state index contributed by atoms with van der Waals surface area (Å²) in [6.45, 7) is 10.1. The summed E-state index contributed by atoms with van der Waals surface area (Å²) in [4.78, 5) is 7.08. The first-order valence-electron chi connectivity index (χ1n) is 7.62. The Balaban J connectivity index is 2.01. The lowest BCUT2D eigenvalue weighted by atomic mass is 9.93. The number of nitrogens with one attached hydrogen (secondary N) is 1. The first kappa shape index (κ1) is 14.3. The molecule has 1 aromatic rings. The maximum Gasteiger partial charge on any atom is 0.130 e. The molecule has 1 aliphatic rings. The highest BCUT2D eigenvalue weighted by Gasteiger charge is 2.23. The molecule has 1 N–H and O–H groups in total. The third-order valence-corrected chi connectivity index (χ3v) is 4.08. The molecule has 3 heteroatoms. The molecule has 2 heterocycles. The van der Waals surface area contributed by atoms with Gasteiger partial charge in [0.15, 0.2) is 0 Å². The van der Waals surface area contributed by atoms with Gasteiger partial charge in [0, 0.05) is 30.9 Å². The summed E-state index contributed by atoms with van der Waals surface area (Å²) in [5.74, 6) is 1.94. The van der Waals surface area contributed by atoms with Gasteiger partial charge in [-0.1, -0.05) is 19.9 Å². The van der Waals surface area contributed by atoms with Crippen molar-refractivity contribution >= 4 is 5.82 Å². The maximum absolute atomic E-state index is 4.48. The molecule has 2 atom stereocenters. The second-order valence-corrected chi connectivity index (χ2v) is 5.89. The molecule has 0 aliphatic carbocycles. The Morgan fingerprint density at radius 1 is 1.42 bits per heavy atom. The van der Waals surface area contributed by atoms with E-state index in [4.69, 9.17) is 0 Å². The molecule has 0 aromatic carbocycles. The van der Waals surface area contributed by atoms with Crippen molar-refractivity contribution in [1.82, 2.24) is 9.88 Å². The molecular weight excluding hydrogens is 234 g/mol. The fourth-order valence-electron chi connectivity index (χ4n) is 2.88. The Labute approximate surface area is 117 Å². The van der Waals surface area contributed by atoms with Gasteiger partial charge < -0.3 is 5.32 Å². The number of likely N-dealkylation sites (tertiary alicyclic amines) is 1. The van der Waals surface area contributed by atoms with Crippen LogP contribution >= 0.6 is 0 Å². The minimum absolute atomic E-state index is 0.683. The van der Waals surface area contributed by atoms with Gasteiger partial charge in [0.1, 0.15) is 5.82 Å². The van der Waals surface area contributed by atoms with Gasteiger partial charge in [-0.2, -0.15) is 0 Å². The van der Waals surface area contributed by atoms with E-state index in [0.717, 1.165) is 31.2 Å². The number of hydrogen-bond donors (Lipinski definition) is 1. The second kappa shape index (κ2) is 6.90. The highest BCUT2D eigenvalue weighted by Crippen LogP contribution is 2.25. The smallest absolute Gasteiger partial charge is 0.130 e. The molecule has 1 saturated heterocycles. The Kier molecular flexibility index (Phi) is 5.20. The van der Waals surface area contributed by atoms with Gasteiger partial charge in [0.25, 0.3) is 0 Å². The van der Waals surface area contributed by atoms with E-state index in [1.54, 1.807) is 0 Å². The SMILES string of the molecule is CCCNc1ncccc1CN1CCC(C)CC1C. The third kappa shape index (κ3) is 3.93. The van der Waals surface area contributed by atoms with Gasteiger partial charge in [0.2, 0.25) is 0 Å². The van der Waals surface area contributed by atoms with Crippen molar-refractivity contribution in [3.63, 3.8) is 0 Å². The van der Waals surface area contributed by atoms with E-state index in [-0.39, 0.29) is 0 Å². The van der Waals surface area contributed by atoms with Crippen molar-refractivity contribution in [3.8, 4) is 0 Å². The van der Waals surface area contributed by atoms with Gasteiger partial charge >= 0.3 is 0 Å². The van der Waals surface area contributed by atoms with Gasteiger partial charge in [-0.3, -0.25) is 4.90 Å². The van der Waals surface area contributed by atoms with Gasteiger partial charge in [-0.25, -0.2) is 4.98 Å². The van der Waals surface area contributed by atoms with Crippen LogP contribution in [0.4, 0.5) is 5.82 Å². The first-order chi connectivity index (χ1) is 9.20. The van der Waals surface area contributed by atoms with Crippen LogP contribution in [-0.2, 0) is 6.54 Å². The number of piperidine rings is 1. The zero-order valence-electron chi connectivity index (χ0n) is 12.5. The van der Waals surface area contributed by atoms with Crippen molar-refractivity contribution in [2.75, 3.05) is 18.4 Å². The van der Waals surface area contributed by atoms with Gasteiger partial charge in [-0.15, -0.1) is 0 Å². The third-order valence-electron chi connectivity index (χ3n) is 4.08. The number of rotatable bonds is 5. The van der Waals surface area contributed by atoms with Crippen molar-refractivity contribution in [1.29, 1.82) is 0 Å². The molecule has 1 aliphatic heterocycles. The average Bonchev–Trinajstić information content (AvgIpc) is 2.41. The van der Waals surface area contributed by atoms with Crippen LogP contribution in [0.3, 0.4) is 0 Å². The van der Waals surface area contributed by atoms with E-state index in [0.29, 0.717) is 6.04 Å². The topological polar surface area (TPSA) is 28.2 Å². The maximum atomic E-state index is 4.48. The van der Waals surface area contributed by atoms with Crippen LogP contribution in [0.1, 0.15) is 45.6 Å². The number of anilines is 1. The van der Waals surface area contributed by atoms with E-state index in [1.807, 2.05) is 12.3 Å². The molecule has 1 aromatic heterocycles.